The maximum atomic E-state index is 3.57. The van der Waals surface area contributed by atoms with Crippen LogP contribution in [0.5, 0.6) is 0 Å². The van der Waals surface area contributed by atoms with Crippen molar-refractivity contribution in [2.45, 2.75) is 59.3 Å². The molecule has 1 nitrogen and oxygen atoms in total. The lowest BCUT2D eigenvalue weighted by Gasteiger charge is -2.16. The topological polar surface area (TPSA) is 12.0 Å². The average molecular weight is 247 g/mol. The number of benzene rings is 1. The smallest absolute Gasteiger partial charge is 0.0340 e. The van der Waals surface area contributed by atoms with Gasteiger partial charge in [0.05, 0.1) is 0 Å². The second-order valence-corrected chi connectivity index (χ2v) is 5.24. The second kappa shape index (κ2) is 9.02. The van der Waals surface area contributed by atoms with Crippen LogP contribution in [-0.2, 0) is 6.42 Å². The van der Waals surface area contributed by atoms with Gasteiger partial charge in [-0.25, -0.2) is 0 Å². The van der Waals surface area contributed by atoms with Gasteiger partial charge in [0.15, 0.2) is 0 Å². The van der Waals surface area contributed by atoms with Gasteiger partial charge in [-0.2, -0.15) is 0 Å². The van der Waals surface area contributed by atoms with Crippen molar-refractivity contribution >= 4 is 5.69 Å². The van der Waals surface area contributed by atoms with Crippen LogP contribution in [-0.4, -0.2) is 6.54 Å². The highest BCUT2D eigenvalue weighted by Crippen LogP contribution is 2.15. The molecular formula is C17H29N. The SMILES string of the molecule is CCCCC(CC)CNc1ccc(CCC)cc1. The van der Waals surface area contributed by atoms with E-state index in [2.05, 4.69) is 50.4 Å². The number of nitrogens with one attached hydrogen (secondary N) is 1. The Labute approximate surface area is 113 Å². The molecule has 0 radical (unpaired) electrons. The molecule has 0 saturated heterocycles. The molecule has 0 heterocycles. The van der Waals surface area contributed by atoms with Crippen molar-refractivity contribution in [1.82, 2.24) is 0 Å². The van der Waals surface area contributed by atoms with Crippen LogP contribution in [0.1, 0.15) is 58.4 Å². The summed E-state index contributed by atoms with van der Waals surface area (Å²) < 4.78 is 0. The molecule has 0 amide bonds. The van der Waals surface area contributed by atoms with Crippen LogP contribution in [0.3, 0.4) is 0 Å². The van der Waals surface area contributed by atoms with E-state index in [1.807, 2.05) is 0 Å². The van der Waals surface area contributed by atoms with Crippen LogP contribution < -0.4 is 5.32 Å². The molecule has 1 heteroatoms. The highest BCUT2D eigenvalue weighted by Gasteiger charge is 2.05. The molecule has 0 aliphatic heterocycles. The molecule has 0 aliphatic carbocycles. The summed E-state index contributed by atoms with van der Waals surface area (Å²) in [4.78, 5) is 0. The van der Waals surface area contributed by atoms with E-state index in [0.717, 1.165) is 12.5 Å². The molecule has 18 heavy (non-hydrogen) atoms. The molecule has 0 spiro atoms. The minimum atomic E-state index is 0.820. The summed E-state index contributed by atoms with van der Waals surface area (Å²) in [6, 6.07) is 8.94. The normalized spacial score (nSPS) is 12.4. The lowest BCUT2D eigenvalue weighted by Crippen LogP contribution is -2.13. The molecule has 1 N–H and O–H groups in total. The standard InChI is InChI=1S/C17H29N/c1-4-7-9-15(6-3)14-18-17-12-10-16(8-5-2)11-13-17/h10-13,15,18H,4-9,14H2,1-3H3. The van der Waals surface area contributed by atoms with Crippen LogP contribution in [0, 0.1) is 5.92 Å². The molecule has 1 aromatic carbocycles. The summed E-state index contributed by atoms with van der Waals surface area (Å²) in [5, 5.41) is 3.57. The Kier molecular flexibility index (Phi) is 7.55. The maximum Gasteiger partial charge on any atom is 0.0340 e. The Bertz CT molecular complexity index is 302. The summed E-state index contributed by atoms with van der Waals surface area (Å²) in [5.74, 6) is 0.820. The van der Waals surface area contributed by atoms with Gasteiger partial charge in [-0.15, -0.1) is 0 Å². The molecule has 0 saturated carbocycles. The van der Waals surface area contributed by atoms with E-state index in [-0.39, 0.29) is 0 Å². The largest absolute Gasteiger partial charge is 0.385 e. The highest BCUT2D eigenvalue weighted by atomic mass is 14.9. The zero-order valence-corrected chi connectivity index (χ0v) is 12.3. The van der Waals surface area contributed by atoms with Crippen LogP contribution in [0.25, 0.3) is 0 Å². The third-order valence-corrected chi connectivity index (χ3v) is 3.63. The van der Waals surface area contributed by atoms with E-state index in [1.54, 1.807) is 0 Å². The van der Waals surface area contributed by atoms with E-state index < -0.39 is 0 Å². The summed E-state index contributed by atoms with van der Waals surface area (Å²) in [6.07, 6.45) is 7.71. The summed E-state index contributed by atoms with van der Waals surface area (Å²) in [7, 11) is 0. The van der Waals surface area contributed by atoms with E-state index in [0.29, 0.717) is 0 Å². The summed E-state index contributed by atoms with van der Waals surface area (Å²) >= 11 is 0. The lowest BCUT2D eigenvalue weighted by molar-refractivity contribution is 0.473. The van der Waals surface area contributed by atoms with Gasteiger partial charge >= 0.3 is 0 Å². The molecule has 1 aromatic rings. The molecular weight excluding hydrogens is 218 g/mol. The number of hydrogen-bond donors (Lipinski definition) is 1. The number of unbranched alkanes of at least 4 members (excludes halogenated alkanes) is 1. The molecule has 0 aliphatic rings. The Morgan fingerprint density at radius 3 is 2.28 bits per heavy atom. The van der Waals surface area contributed by atoms with Crippen molar-refractivity contribution in [3.63, 3.8) is 0 Å². The van der Waals surface area contributed by atoms with E-state index in [9.17, 15) is 0 Å². The summed E-state index contributed by atoms with van der Waals surface area (Å²) in [6.45, 7) is 7.91. The third kappa shape index (κ3) is 5.57. The zero-order valence-electron chi connectivity index (χ0n) is 12.3. The van der Waals surface area contributed by atoms with Crippen molar-refractivity contribution in [3.8, 4) is 0 Å². The number of hydrogen-bond acceptors (Lipinski definition) is 1. The van der Waals surface area contributed by atoms with Crippen LogP contribution in [0.4, 0.5) is 5.69 Å². The Balaban J connectivity index is 2.37. The predicted octanol–water partition coefficient (Wildman–Crippen LogP) is 5.27. The van der Waals surface area contributed by atoms with Gasteiger partial charge in [0.25, 0.3) is 0 Å². The highest BCUT2D eigenvalue weighted by molar-refractivity contribution is 5.44. The maximum absolute atomic E-state index is 3.57. The predicted molar refractivity (Wildman–Crippen MR) is 82.2 cm³/mol. The van der Waals surface area contributed by atoms with Crippen molar-refractivity contribution in [3.05, 3.63) is 29.8 Å². The van der Waals surface area contributed by atoms with Crippen LogP contribution in [0.15, 0.2) is 24.3 Å². The first-order valence-corrected chi connectivity index (χ1v) is 7.62. The molecule has 1 unspecified atom stereocenters. The van der Waals surface area contributed by atoms with Gasteiger partial charge < -0.3 is 5.32 Å². The number of rotatable bonds is 9. The minimum absolute atomic E-state index is 0.820. The fourth-order valence-corrected chi connectivity index (χ4v) is 2.28. The van der Waals surface area contributed by atoms with Crippen molar-refractivity contribution in [2.24, 2.45) is 5.92 Å². The van der Waals surface area contributed by atoms with Gasteiger partial charge in [0.1, 0.15) is 0 Å². The molecule has 0 fully saturated rings. The van der Waals surface area contributed by atoms with Gasteiger partial charge in [0, 0.05) is 12.2 Å². The Morgan fingerprint density at radius 1 is 1.00 bits per heavy atom. The molecule has 1 rings (SSSR count). The Morgan fingerprint density at radius 2 is 1.72 bits per heavy atom. The first-order chi connectivity index (χ1) is 8.80. The van der Waals surface area contributed by atoms with E-state index in [4.69, 9.17) is 0 Å². The van der Waals surface area contributed by atoms with Crippen LogP contribution in [0.2, 0.25) is 0 Å². The van der Waals surface area contributed by atoms with Gasteiger partial charge in [0.2, 0.25) is 0 Å². The van der Waals surface area contributed by atoms with Crippen molar-refractivity contribution in [2.75, 3.05) is 11.9 Å². The Hall–Kier alpha value is -0.980. The minimum Gasteiger partial charge on any atom is -0.385 e. The number of aryl methyl sites for hydroxylation is 1. The van der Waals surface area contributed by atoms with Gasteiger partial charge in [-0.1, -0.05) is 58.6 Å². The fourth-order valence-electron chi connectivity index (χ4n) is 2.28. The molecule has 0 aromatic heterocycles. The first kappa shape index (κ1) is 15.1. The van der Waals surface area contributed by atoms with Crippen molar-refractivity contribution in [1.29, 1.82) is 0 Å². The molecule has 102 valence electrons. The average Bonchev–Trinajstić information content (AvgIpc) is 2.41. The zero-order chi connectivity index (χ0) is 13.2. The van der Waals surface area contributed by atoms with Crippen LogP contribution >= 0.6 is 0 Å². The second-order valence-electron chi connectivity index (χ2n) is 5.24. The summed E-state index contributed by atoms with van der Waals surface area (Å²) in [5.41, 5.74) is 2.71. The lowest BCUT2D eigenvalue weighted by atomic mass is 9.99. The van der Waals surface area contributed by atoms with E-state index in [1.165, 1.54) is 49.8 Å². The van der Waals surface area contributed by atoms with E-state index >= 15 is 0 Å². The van der Waals surface area contributed by atoms with Gasteiger partial charge in [-0.05, 0) is 36.5 Å². The third-order valence-electron chi connectivity index (χ3n) is 3.63. The quantitative estimate of drug-likeness (QED) is 0.627. The fraction of sp³-hybridized carbons (Fsp3) is 0.647. The monoisotopic (exact) mass is 247 g/mol. The number of anilines is 1. The van der Waals surface area contributed by atoms with Gasteiger partial charge in [-0.3, -0.25) is 0 Å². The molecule has 1 atom stereocenters. The van der Waals surface area contributed by atoms with Crippen molar-refractivity contribution < 1.29 is 0 Å². The molecule has 0 bridgehead atoms. The first-order valence-electron chi connectivity index (χ1n) is 7.62.